The summed E-state index contributed by atoms with van der Waals surface area (Å²) in [6, 6.07) is 72.4. The number of benzene rings is 8. The highest BCUT2D eigenvalue weighted by Gasteiger charge is 2.15. The van der Waals surface area contributed by atoms with Crippen LogP contribution in [-0.4, -0.2) is 9.97 Å². The highest BCUT2D eigenvalue weighted by atomic mass is 16.3. The Morgan fingerprint density at radius 1 is 0.255 bits per heavy atom. The van der Waals surface area contributed by atoms with E-state index < -0.39 is 0 Å². The predicted octanol–water partition coefficient (Wildman–Crippen LogP) is 14.0. The van der Waals surface area contributed by atoms with Gasteiger partial charge in [0.1, 0.15) is 11.2 Å². The van der Waals surface area contributed by atoms with Gasteiger partial charge in [-0.15, -0.1) is 0 Å². The van der Waals surface area contributed by atoms with Gasteiger partial charge in [-0.05, 0) is 87.0 Å². The molecule has 0 saturated carbocycles. The zero-order valence-corrected chi connectivity index (χ0v) is 29.9. The zero-order chi connectivity index (χ0) is 36.6. The number of nitrogens with zero attached hydrogens (tertiary/aromatic N) is 2. The molecule has 2 aromatic heterocycles. The van der Waals surface area contributed by atoms with E-state index in [1.807, 2.05) is 36.4 Å². The Kier molecular flexibility index (Phi) is 8.16. The number of furan rings is 1. The van der Waals surface area contributed by atoms with Crippen molar-refractivity contribution >= 4 is 21.9 Å². The van der Waals surface area contributed by atoms with E-state index in [9.17, 15) is 0 Å². The number of hydrogen-bond acceptors (Lipinski definition) is 3. The molecule has 0 aliphatic carbocycles. The molecule has 0 bridgehead atoms. The van der Waals surface area contributed by atoms with E-state index in [0.717, 1.165) is 72.3 Å². The van der Waals surface area contributed by atoms with Gasteiger partial charge in [-0.25, -0.2) is 9.97 Å². The van der Waals surface area contributed by atoms with E-state index in [2.05, 4.69) is 170 Å². The lowest BCUT2D eigenvalue weighted by atomic mass is 9.93. The third kappa shape index (κ3) is 6.39. The number of hydrogen-bond donors (Lipinski definition) is 0. The van der Waals surface area contributed by atoms with E-state index in [1.165, 1.54) is 22.3 Å². The van der Waals surface area contributed by atoms with Gasteiger partial charge < -0.3 is 4.42 Å². The molecule has 0 saturated heterocycles. The van der Waals surface area contributed by atoms with Crippen LogP contribution in [0, 0.1) is 0 Å². The largest absolute Gasteiger partial charge is 0.456 e. The SMILES string of the molecule is c1ccc(-c2ccc(-c3ccc(-c4cc(-c5ccc6oc7ccccc7c6c5)cc(-c5cc(-c6ccccc6)nc(-c6ccccc6)n5)c4)cc3)cc2)cc1. The first-order chi connectivity index (χ1) is 27.2. The number of fused-ring (bicyclic) bond motifs is 3. The summed E-state index contributed by atoms with van der Waals surface area (Å²) < 4.78 is 6.20. The van der Waals surface area contributed by atoms with Crippen molar-refractivity contribution in [3.63, 3.8) is 0 Å². The fourth-order valence-electron chi connectivity index (χ4n) is 7.42. The van der Waals surface area contributed by atoms with Gasteiger partial charge in [0.15, 0.2) is 5.82 Å². The van der Waals surface area contributed by atoms with Crippen molar-refractivity contribution in [2.45, 2.75) is 0 Å². The van der Waals surface area contributed by atoms with Crippen LogP contribution in [0.15, 0.2) is 211 Å². The van der Waals surface area contributed by atoms with Crippen molar-refractivity contribution in [3.05, 3.63) is 206 Å². The van der Waals surface area contributed by atoms with E-state index in [-0.39, 0.29) is 0 Å². The molecule has 55 heavy (non-hydrogen) atoms. The first-order valence-corrected chi connectivity index (χ1v) is 18.6. The second kappa shape index (κ2) is 13.9. The van der Waals surface area contributed by atoms with Crippen LogP contribution >= 0.6 is 0 Å². The molecule has 0 amide bonds. The van der Waals surface area contributed by atoms with Gasteiger partial charge in [-0.2, -0.15) is 0 Å². The summed E-state index contributed by atoms with van der Waals surface area (Å²) >= 11 is 0. The molecule has 10 aromatic rings. The highest BCUT2D eigenvalue weighted by Crippen LogP contribution is 2.38. The summed E-state index contributed by atoms with van der Waals surface area (Å²) in [6.45, 7) is 0. The highest BCUT2D eigenvalue weighted by molar-refractivity contribution is 6.06. The lowest BCUT2D eigenvalue weighted by molar-refractivity contribution is 0.669. The molecule has 10 rings (SSSR count). The Balaban J connectivity index is 1.11. The molecule has 8 aromatic carbocycles. The molecule has 3 nitrogen and oxygen atoms in total. The fraction of sp³-hybridized carbons (Fsp3) is 0. The second-order valence-electron chi connectivity index (χ2n) is 13.8. The van der Waals surface area contributed by atoms with E-state index in [1.54, 1.807) is 0 Å². The quantitative estimate of drug-likeness (QED) is 0.166. The molecule has 258 valence electrons. The third-order valence-electron chi connectivity index (χ3n) is 10.3. The lowest BCUT2D eigenvalue weighted by Gasteiger charge is -2.14. The molecule has 0 aliphatic heterocycles. The summed E-state index contributed by atoms with van der Waals surface area (Å²) in [5.74, 6) is 0.692. The standard InChI is InChI=1S/C52H34N2O/c1-4-12-35(13-5-1)36-20-22-37(23-21-36)38-24-26-39(27-25-38)43-30-44(42-28-29-51-47(33-42)46-18-10-11-19-50(46)55-51)32-45(31-43)49-34-48(40-14-6-2-7-15-40)53-52(54-49)41-16-8-3-9-17-41/h1-34H. The van der Waals surface area contributed by atoms with Gasteiger partial charge in [-0.1, -0.05) is 164 Å². The normalized spacial score (nSPS) is 11.3. The Labute approximate surface area is 319 Å². The van der Waals surface area contributed by atoms with Crippen LogP contribution in [0.25, 0.3) is 100 Å². The summed E-state index contributed by atoms with van der Waals surface area (Å²) in [5.41, 5.74) is 15.8. The van der Waals surface area contributed by atoms with Crippen LogP contribution in [0.5, 0.6) is 0 Å². The second-order valence-corrected chi connectivity index (χ2v) is 13.8. The molecule has 0 N–H and O–H groups in total. The molecule has 2 heterocycles. The summed E-state index contributed by atoms with van der Waals surface area (Å²) in [4.78, 5) is 10.3. The monoisotopic (exact) mass is 702 g/mol. The lowest BCUT2D eigenvalue weighted by Crippen LogP contribution is -1.96. The van der Waals surface area contributed by atoms with E-state index >= 15 is 0 Å². The Morgan fingerprint density at radius 2 is 0.673 bits per heavy atom. The van der Waals surface area contributed by atoms with Gasteiger partial charge in [0.2, 0.25) is 0 Å². The van der Waals surface area contributed by atoms with Crippen molar-refractivity contribution in [1.29, 1.82) is 0 Å². The Hall–Kier alpha value is -7.36. The topological polar surface area (TPSA) is 38.9 Å². The van der Waals surface area contributed by atoms with Gasteiger partial charge in [0.05, 0.1) is 11.4 Å². The van der Waals surface area contributed by atoms with Crippen LogP contribution in [0.3, 0.4) is 0 Å². The van der Waals surface area contributed by atoms with Crippen molar-refractivity contribution in [2.24, 2.45) is 0 Å². The minimum absolute atomic E-state index is 0.692. The van der Waals surface area contributed by atoms with Crippen LogP contribution in [0.2, 0.25) is 0 Å². The number of para-hydroxylation sites is 1. The van der Waals surface area contributed by atoms with Crippen LogP contribution in [0.1, 0.15) is 0 Å². The molecule has 0 atom stereocenters. The minimum Gasteiger partial charge on any atom is -0.456 e. The van der Waals surface area contributed by atoms with Gasteiger partial charge >= 0.3 is 0 Å². The van der Waals surface area contributed by atoms with Gasteiger partial charge in [0, 0.05) is 27.5 Å². The molecule has 0 unspecified atom stereocenters. The van der Waals surface area contributed by atoms with Crippen LogP contribution in [-0.2, 0) is 0 Å². The predicted molar refractivity (Wildman–Crippen MR) is 227 cm³/mol. The van der Waals surface area contributed by atoms with Crippen LogP contribution < -0.4 is 0 Å². The minimum atomic E-state index is 0.692. The Bertz CT molecular complexity index is 2880. The Morgan fingerprint density at radius 3 is 1.29 bits per heavy atom. The number of rotatable bonds is 7. The van der Waals surface area contributed by atoms with E-state index in [0.29, 0.717) is 5.82 Å². The molecular formula is C52H34N2O. The fourth-order valence-corrected chi connectivity index (χ4v) is 7.42. The summed E-state index contributed by atoms with van der Waals surface area (Å²) in [6.07, 6.45) is 0. The van der Waals surface area contributed by atoms with Gasteiger partial charge in [0.25, 0.3) is 0 Å². The molecular weight excluding hydrogens is 669 g/mol. The maximum Gasteiger partial charge on any atom is 0.160 e. The average molecular weight is 703 g/mol. The maximum absolute atomic E-state index is 6.20. The summed E-state index contributed by atoms with van der Waals surface area (Å²) in [7, 11) is 0. The zero-order valence-electron chi connectivity index (χ0n) is 29.9. The van der Waals surface area contributed by atoms with Crippen molar-refractivity contribution < 1.29 is 4.42 Å². The molecule has 3 heteroatoms. The van der Waals surface area contributed by atoms with Gasteiger partial charge in [-0.3, -0.25) is 0 Å². The molecule has 0 radical (unpaired) electrons. The van der Waals surface area contributed by atoms with Crippen molar-refractivity contribution in [1.82, 2.24) is 9.97 Å². The molecule has 0 spiro atoms. The maximum atomic E-state index is 6.20. The first kappa shape index (κ1) is 32.3. The number of aromatic nitrogens is 2. The third-order valence-corrected chi connectivity index (χ3v) is 10.3. The molecule has 0 fully saturated rings. The summed E-state index contributed by atoms with van der Waals surface area (Å²) in [5, 5.41) is 2.21. The van der Waals surface area contributed by atoms with Crippen molar-refractivity contribution in [3.8, 4) is 78.4 Å². The van der Waals surface area contributed by atoms with Crippen molar-refractivity contribution in [2.75, 3.05) is 0 Å². The average Bonchev–Trinajstić information content (AvgIpc) is 3.65. The molecule has 0 aliphatic rings. The van der Waals surface area contributed by atoms with Crippen LogP contribution in [0.4, 0.5) is 0 Å². The smallest absolute Gasteiger partial charge is 0.160 e. The first-order valence-electron chi connectivity index (χ1n) is 18.6. The van der Waals surface area contributed by atoms with E-state index in [4.69, 9.17) is 14.4 Å².